The van der Waals surface area contributed by atoms with E-state index in [0.717, 1.165) is 12.1 Å². The van der Waals surface area contributed by atoms with Gasteiger partial charge in [-0.05, 0) is 25.5 Å². The van der Waals surface area contributed by atoms with Crippen LogP contribution in [0.2, 0.25) is 0 Å². The van der Waals surface area contributed by atoms with Crippen LogP contribution in [0.1, 0.15) is 25.8 Å². The second kappa shape index (κ2) is 5.36. The zero-order valence-electron chi connectivity index (χ0n) is 10.2. The molecule has 0 saturated carbocycles. The number of methoxy groups -OCH3 is 1. The summed E-state index contributed by atoms with van der Waals surface area (Å²) >= 11 is 0. The molecule has 0 atom stereocenters. The third-order valence-electron chi connectivity index (χ3n) is 2.58. The minimum absolute atomic E-state index is 0.0428. The van der Waals surface area contributed by atoms with Gasteiger partial charge in [0, 0.05) is 26.0 Å². The molecule has 0 bridgehead atoms. The Labute approximate surface area is 99.6 Å². The predicted molar refractivity (Wildman–Crippen MR) is 60.8 cm³/mol. The fraction of sp³-hybridized carbons (Fsp3) is 0.462. The van der Waals surface area contributed by atoms with Crippen molar-refractivity contribution >= 4 is 5.78 Å². The van der Waals surface area contributed by atoms with E-state index < -0.39 is 17.2 Å². The average molecular weight is 242 g/mol. The Morgan fingerprint density at radius 3 is 2.53 bits per heavy atom. The summed E-state index contributed by atoms with van der Waals surface area (Å²) in [4.78, 5) is 11.7. The van der Waals surface area contributed by atoms with Gasteiger partial charge < -0.3 is 4.74 Å². The first kappa shape index (κ1) is 13.8. The molecule has 0 amide bonds. The summed E-state index contributed by atoms with van der Waals surface area (Å²) in [5.41, 5.74) is -0.351. The van der Waals surface area contributed by atoms with Gasteiger partial charge in [0.25, 0.3) is 0 Å². The van der Waals surface area contributed by atoms with E-state index in [9.17, 15) is 13.6 Å². The first-order valence-electron chi connectivity index (χ1n) is 5.35. The van der Waals surface area contributed by atoms with Crippen LogP contribution in [0.15, 0.2) is 18.2 Å². The molecule has 0 unspecified atom stereocenters. The number of carbonyl (C=O) groups is 1. The molecule has 0 fully saturated rings. The van der Waals surface area contributed by atoms with E-state index in [4.69, 9.17) is 4.74 Å². The van der Waals surface area contributed by atoms with Crippen molar-refractivity contribution in [1.82, 2.24) is 0 Å². The van der Waals surface area contributed by atoms with E-state index in [1.54, 1.807) is 13.8 Å². The summed E-state index contributed by atoms with van der Waals surface area (Å²) in [5, 5.41) is 0. The van der Waals surface area contributed by atoms with Crippen molar-refractivity contribution in [3.63, 3.8) is 0 Å². The van der Waals surface area contributed by atoms with Crippen LogP contribution in [0.5, 0.6) is 0 Å². The van der Waals surface area contributed by atoms with E-state index in [1.807, 2.05) is 0 Å². The highest BCUT2D eigenvalue weighted by Crippen LogP contribution is 2.17. The Balaban J connectivity index is 2.69. The number of rotatable bonds is 5. The molecule has 0 aliphatic carbocycles. The summed E-state index contributed by atoms with van der Waals surface area (Å²) in [7, 11) is 1.52. The van der Waals surface area contributed by atoms with E-state index in [1.165, 1.54) is 13.2 Å². The summed E-state index contributed by atoms with van der Waals surface area (Å²) in [6.45, 7) is 3.57. The summed E-state index contributed by atoms with van der Waals surface area (Å²) in [6, 6.07) is 3.22. The van der Waals surface area contributed by atoms with Gasteiger partial charge in [0.05, 0.1) is 5.60 Å². The molecule has 0 aliphatic rings. The quantitative estimate of drug-likeness (QED) is 0.793. The largest absolute Gasteiger partial charge is 0.378 e. The number of ketones is 1. The van der Waals surface area contributed by atoms with E-state index in [0.29, 0.717) is 0 Å². The first-order chi connectivity index (χ1) is 7.84. The lowest BCUT2D eigenvalue weighted by Crippen LogP contribution is -2.27. The fourth-order valence-electron chi connectivity index (χ4n) is 1.49. The zero-order chi connectivity index (χ0) is 13.1. The van der Waals surface area contributed by atoms with Crippen molar-refractivity contribution in [2.24, 2.45) is 0 Å². The number of carbonyl (C=O) groups excluding carboxylic acids is 1. The van der Waals surface area contributed by atoms with Crippen LogP contribution in [-0.4, -0.2) is 18.5 Å². The molecule has 94 valence electrons. The fourth-order valence-corrected chi connectivity index (χ4v) is 1.49. The molecule has 1 aromatic rings. The van der Waals surface area contributed by atoms with Gasteiger partial charge in [0.2, 0.25) is 0 Å². The highest BCUT2D eigenvalue weighted by Gasteiger charge is 2.21. The number of halogens is 2. The number of benzene rings is 1. The highest BCUT2D eigenvalue weighted by atomic mass is 19.1. The molecule has 2 nitrogen and oxygen atoms in total. The highest BCUT2D eigenvalue weighted by molar-refractivity contribution is 5.81. The SMILES string of the molecule is COC(C)(C)CC(=O)Cc1ccc(F)cc1F. The molecular weight excluding hydrogens is 226 g/mol. The van der Waals surface area contributed by atoms with Crippen molar-refractivity contribution in [2.45, 2.75) is 32.3 Å². The Hall–Kier alpha value is -1.29. The standard InChI is InChI=1S/C13H16F2O2/c1-13(2,17-3)8-11(16)6-9-4-5-10(14)7-12(9)15/h4-5,7H,6,8H2,1-3H3. The second-order valence-electron chi connectivity index (χ2n) is 4.59. The normalized spacial score (nSPS) is 11.6. The summed E-state index contributed by atoms with van der Waals surface area (Å²) in [5.74, 6) is -1.47. The van der Waals surface area contributed by atoms with Gasteiger partial charge in [0.1, 0.15) is 17.4 Å². The summed E-state index contributed by atoms with van der Waals surface area (Å²) < 4.78 is 31.1. The topological polar surface area (TPSA) is 26.3 Å². The molecule has 0 aromatic heterocycles. The molecule has 1 aromatic carbocycles. The number of hydrogen-bond acceptors (Lipinski definition) is 2. The van der Waals surface area contributed by atoms with Crippen molar-refractivity contribution in [3.05, 3.63) is 35.4 Å². The van der Waals surface area contributed by atoms with Crippen LogP contribution in [0.25, 0.3) is 0 Å². The molecule has 1 rings (SSSR count). The molecule has 4 heteroatoms. The Kier molecular flexibility index (Phi) is 4.34. The van der Waals surface area contributed by atoms with Gasteiger partial charge in [-0.3, -0.25) is 4.79 Å². The third-order valence-corrected chi connectivity index (χ3v) is 2.58. The van der Waals surface area contributed by atoms with Gasteiger partial charge >= 0.3 is 0 Å². The molecular formula is C13H16F2O2. The Morgan fingerprint density at radius 2 is 2.00 bits per heavy atom. The minimum atomic E-state index is -0.687. The minimum Gasteiger partial charge on any atom is -0.378 e. The van der Waals surface area contributed by atoms with Crippen LogP contribution in [0, 0.1) is 11.6 Å². The first-order valence-corrected chi connectivity index (χ1v) is 5.35. The lowest BCUT2D eigenvalue weighted by Gasteiger charge is -2.21. The van der Waals surface area contributed by atoms with Crippen molar-refractivity contribution in [3.8, 4) is 0 Å². The maximum Gasteiger partial charge on any atom is 0.140 e. The molecule has 17 heavy (non-hydrogen) atoms. The number of hydrogen-bond donors (Lipinski definition) is 0. The predicted octanol–water partition coefficient (Wildman–Crippen LogP) is 2.89. The van der Waals surface area contributed by atoms with Gasteiger partial charge in [-0.25, -0.2) is 8.78 Å². The smallest absolute Gasteiger partial charge is 0.140 e. The maximum absolute atomic E-state index is 13.3. The molecule has 0 N–H and O–H groups in total. The maximum atomic E-state index is 13.3. The van der Waals surface area contributed by atoms with Gasteiger partial charge in [-0.2, -0.15) is 0 Å². The van der Waals surface area contributed by atoms with Crippen LogP contribution in [0.3, 0.4) is 0 Å². The molecule has 0 radical (unpaired) electrons. The molecule has 0 heterocycles. The van der Waals surface area contributed by atoms with E-state index in [2.05, 4.69) is 0 Å². The van der Waals surface area contributed by atoms with Crippen molar-refractivity contribution in [1.29, 1.82) is 0 Å². The Bertz CT molecular complexity index is 414. The summed E-state index contributed by atoms with van der Waals surface area (Å²) in [6.07, 6.45) is 0.152. The van der Waals surface area contributed by atoms with E-state index >= 15 is 0 Å². The molecule has 0 aliphatic heterocycles. The lowest BCUT2D eigenvalue weighted by molar-refractivity contribution is -0.123. The number of Topliss-reactive ketones (excluding diaryl/α,β-unsaturated/α-hetero) is 1. The van der Waals surface area contributed by atoms with Crippen LogP contribution in [-0.2, 0) is 16.0 Å². The lowest BCUT2D eigenvalue weighted by atomic mass is 9.97. The zero-order valence-corrected chi connectivity index (χ0v) is 10.2. The van der Waals surface area contributed by atoms with Gasteiger partial charge in [0.15, 0.2) is 0 Å². The Morgan fingerprint density at radius 1 is 1.35 bits per heavy atom. The monoisotopic (exact) mass is 242 g/mol. The molecule has 0 spiro atoms. The van der Waals surface area contributed by atoms with Gasteiger partial charge in [-0.1, -0.05) is 6.07 Å². The van der Waals surface area contributed by atoms with Crippen LogP contribution < -0.4 is 0 Å². The van der Waals surface area contributed by atoms with Gasteiger partial charge in [-0.15, -0.1) is 0 Å². The second-order valence-corrected chi connectivity index (χ2v) is 4.59. The van der Waals surface area contributed by atoms with Crippen molar-refractivity contribution in [2.75, 3.05) is 7.11 Å². The van der Waals surface area contributed by atoms with Crippen LogP contribution >= 0.6 is 0 Å². The molecule has 0 saturated heterocycles. The third kappa shape index (κ3) is 4.23. The average Bonchev–Trinajstić information content (AvgIpc) is 2.21. The van der Waals surface area contributed by atoms with Crippen LogP contribution in [0.4, 0.5) is 8.78 Å². The number of ether oxygens (including phenoxy) is 1. The van der Waals surface area contributed by atoms with Crippen molar-refractivity contribution < 1.29 is 18.3 Å². The van der Waals surface area contributed by atoms with E-state index in [-0.39, 0.29) is 24.2 Å².